The Bertz CT molecular complexity index is 287. The zero-order valence-corrected chi connectivity index (χ0v) is 11.4. The van der Waals surface area contributed by atoms with Crippen molar-refractivity contribution in [1.29, 1.82) is 0 Å². The Morgan fingerprint density at radius 3 is 1.73 bits per heavy atom. The van der Waals surface area contributed by atoms with Crippen molar-refractivity contribution in [2.24, 2.45) is 0 Å². The fourth-order valence-electron chi connectivity index (χ4n) is 0.231. The molecule has 0 amide bonds. The van der Waals surface area contributed by atoms with Crippen LogP contribution >= 0.6 is 0 Å². The summed E-state index contributed by atoms with van der Waals surface area (Å²) in [5.74, 6) is 0. The molecule has 0 aromatic rings. The fraction of sp³-hybridized carbons (Fsp3) is 1.00. The normalized spacial score (nSPS) is 12.2. The predicted molar refractivity (Wildman–Crippen MR) is 40.9 cm³/mol. The average Bonchev–Trinajstić information content (AvgIpc) is 1.60. The molecule has 68 valence electrons. The quantitative estimate of drug-likeness (QED) is 0.364. The summed E-state index contributed by atoms with van der Waals surface area (Å²) in [6.45, 7) is 0. The Morgan fingerprint density at radius 2 is 1.64 bits per heavy atom. The van der Waals surface area contributed by atoms with E-state index < -0.39 is 25.3 Å². The fourth-order valence-corrected chi connectivity index (χ4v) is 2.07. The van der Waals surface area contributed by atoms with Crippen LogP contribution in [-0.2, 0) is 24.4 Å². The molecule has 0 saturated carbocycles. The summed E-state index contributed by atoms with van der Waals surface area (Å²) in [4.78, 5) is 0. The van der Waals surface area contributed by atoms with Gasteiger partial charge in [-0.3, -0.25) is 8.74 Å². The van der Waals surface area contributed by atoms with Crippen LogP contribution in [0.2, 0.25) is 0 Å². The van der Waals surface area contributed by atoms with E-state index in [1.54, 1.807) is 0 Å². The summed E-state index contributed by atoms with van der Waals surface area (Å²) in [5.41, 5.74) is 0. The second-order valence-electron chi connectivity index (χ2n) is 1.42. The molecule has 0 aliphatic rings. The van der Waals surface area contributed by atoms with Crippen LogP contribution in [0.3, 0.4) is 0 Å². The first-order valence-electron chi connectivity index (χ1n) is 2.00. The third-order valence-corrected chi connectivity index (χ3v) is 3.40. The molecular weight excluding hydrogens is 303 g/mol. The van der Waals surface area contributed by atoms with Gasteiger partial charge < -0.3 is 0 Å². The summed E-state index contributed by atoms with van der Waals surface area (Å²) in [6, 6.07) is 0. The third-order valence-electron chi connectivity index (χ3n) is 0.547. The van der Waals surface area contributed by atoms with Crippen LogP contribution in [0.4, 0.5) is 0 Å². The zero-order valence-electron chi connectivity index (χ0n) is 5.72. The van der Waals surface area contributed by atoms with Crippen LogP contribution in [0.25, 0.3) is 0 Å². The molecule has 0 aromatic heterocycles. The molecule has 0 aliphatic heterocycles. The molecule has 0 heterocycles. The van der Waals surface area contributed by atoms with Crippen molar-refractivity contribution in [3.63, 3.8) is 0 Å². The van der Waals surface area contributed by atoms with Gasteiger partial charge in [-0.15, -0.1) is 0 Å². The molecule has 0 fully saturated rings. The number of rotatable bonds is 3. The molecule has 0 atom stereocenters. The molecule has 0 rings (SSSR count). The Labute approximate surface area is 81.8 Å². The van der Waals surface area contributed by atoms with Gasteiger partial charge in [0.1, 0.15) is 0 Å². The first-order chi connectivity index (χ1) is 4.27. The Hall–Kier alpha value is 0.619. The van der Waals surface area contributed by atoms with Crippen molar-refractivity contribution in [3.8, 4) is 0 Å². The van der Waals surface area contributed by atoms with Gasteiger partial charge in [-0.05, 0) is 0 Å². The van der Waals surface area contributed by atoms with E-state index in [0.717, 1.165) is 7.11 Å². The van der Waals surface area contributed by atoms with Gasteiger partial charge in [0.05, 0.1) is 7.11 Å². The van der Waals surface area contributed by atoms with Crippen LogP contribution in [0.1, 0.15) is 0 Å². The monoisotopic (exact) mass is 312 g/mol. The van der Waals surface area contributed by atoms with E-state index in [1.165, 1.54) is 0 Å². The minimum absolute atomic E-state index is 0. The van der Waals surface area contributed by atoms with Crippen molar-refractivity contribution in [3.05, 3.63) is 0 Å². The van der Waals surface area contributed by atoms with Crippen molar-refractivity contribution in [1.82, 2.24) is 0 Å². The van der Waals surface area contributed by atoms with Gasteiger partial charge in [0.15, 0.2) is 0 Å². The van der Waals surface area contributed by atoms with Crippen molar-refractivity contribution >= 4 is 44.1 Å². The van der Waals surface area contributed by atoms with Crippen LogP contribution in [-0.4, -0.2) is 57.5 Å². The SMILES string of the molecule is COS(=O)(=O)CS(=O)(=O)O.[SnH2]. The van der Waals surface area contributed by atoms with E-state index in [9.17, 15) is 16.8 Å². The predicted octanol–water partition coefficient (Wildman–Crippen LogP) is -2.11. The summed E-state index contributed by atoms with van der Waals surface area (Å²) in [6.07, 6.45) is 0. The summed E-state index contributed by atoms with van der Waals surface area (Å²) >= 11 is 0. The number of hydrogen-bond acceptors (Lipinski definition) is 5. The molecule has 0 bridgehead atoms. The van der Waals surface area contributed by atoms with Gasteiger partial charge in [-0.25, -0.2) is 0 Å². The van der Waals surface area contributed by atoms with Crippen LogP contribution in [0, 0.1) is 0 Å². The Balaban J connectivity index is 0. The standard InChI is InChI=1S/C2H6O6S2.Sn.2H/c1-8-10(6,7)2-9(3,4)5;;;/h2H2,1H3,(H,3,4,5);;;. The van der Waals surface area contributed by atoms with Gasteiger partial charge in [-0.2, -0.15) is 16.8 Å². The molecule has 0 aromatic carbocycles. The number of hydrogen-bond donors (Lipinski definition) is 1. The molecule has 0 unspecified atom stereocenters. The summed E-state index contributed by atoms with van der Waals surface area (Å²) < 4.78 is 52.1. The van der Waals surface area contributed by atoms with Crippen molar-refractivity contribution in [2.75, 3.05) is 12.2 Å². The first kappa shape index (κ1) is 14.2. The van der Waals surface area contributed by atoms with E-state index in [4.69, 9.17) is 4.55 Å². The molecule has 0 aliphatic carbocycles. The van der Waals surface area contributed by atoms with E-state index >= 15 is 0 Å². The Kier molecular flexibility index (Phi) is 5.92. The van der Waals surface area contributed by atoms with Crippen molar-refractivity contribution in [2.45, 2.75) is 0 Å². The van der Waals surface area contributed by atoms with Crippen LogP contribution in [0.15, 0.2) is 0 Å². The van der Waals surface area contributed by atoms with E-state index in [-0.39, 0.29) is 23.9 Å². The minimum atomic E-state index is -4.51. The molecule has 1 N–H and O–H groups in total. The maximum atomic E-state index is 10.3. The molecule has 11 heavy (non-hydrogen) atoms. The molecule has 6 nitrogen and oxygen atoms in total. The van der Waals surface area contributed by atoms with Gasteiger partial charge in [0.25, 0.3) is 20.2 Å². The molecular formula is C2H8O6S2Sn. The first-order valence-corrected chi connectivity index (χ1v) is 5.19. The molecule has 2 radical (unpaired) electrons. The van der Waals surface area contributed by atoms with Gasteiger partial charge in [0.2, 0.25) is 5.08 Å². The van der Waals surface area contributed by atoms with E-state index in [0.29, 0.717) is 0 Å². The van der Waals surface area contributed by atoms with Crippen molar-refractivity contribution < 1.29 is 25.6 Å². The average molecular weight is 311 g/mol. The van der Waals surface area contributed by atoms with Crippen LogP contribution in [0.5, 0.6) is 0 Å². The van der Waals surface area contributed by atoms with Gasteiger partial charge >= 0.3 is 23.9 Å². The zero-order chi connectivity index (χ0) is 8.41. The maximum absolute atomic E-state index is 10.3. The topological polar surface area (TPSA) is 97.7 Å². The van der Waals surface area contributed by atoms with E-state index in [1.807, 2.05) is 0 Å². The molecule has 0 spiro atoms. The summed E-state index contributed by atoms with van der Waals surface area (Å²) in [5, 5.41) is -1.41. The van der Waals surface area contributed by atoms with Gasteiger partial charge in [0, 0.05) is 0 Å². The second-order valence-corrected chi connectivity index (χ2v) is 4.98. The second kappa shape index (κ2) is 4.60. The summed E-state index contributed by atoms with van der Waals surface area (Å²) in [7, 11) is -7.82. The third kappa shape index (κ3) is 8.53. The molecule has 9 heteroatoms. The Morgan fingerprint density at radius 1 is 1.27 bits per heavy atom. The van der Waals surface area contributed by atoms with Gasteiger partial charge in [-0.1, -0.05) is 0 Å². The molecule has 0 saturated heterocycles. The van der Waals surface area contributed by atoms with E-state index in [2.05, 4.69) is 4.18 Å². The van der Waals surface area contributed by atoms with Crippen LogP contribution < -0.4 is 0 Å².